The Morgan fingerprint density at radius 1 is 0.654 bits per heavy atom. The molecule has 0 spiro atoms. The molecule has 0 saturated carbocycles. The fourth-order valence-electron chi connectivity index (χ4n) is 3.59. The summed E-state index contributed by atoms with van der Waals surface area (Å²) >= 11 is 0. The van der Waals surface area contributed by atoms with E-state index in [-0.39, 0.29) is 0 Å². The molecule has 0 bridgehead atoms. The van der Waals surface area contributed by atoms with E-state index in [0.717, 1.165) is 40.8 Å². The summed E-state index contributed by atoms with van der Waals surface area (Å²) in [7, 11) is 6.59. The predicted octanol–water partition coefficient (Wildman–Crippen LogP) is 4.03. The molecule has 4 rings (SSSR count). The highest BCUT2D eigenvalue weighted by atomic mass is 16.5. The maximum Gasteiger partial charge on any atom is 0.162 e. The average Bonchev–Trinajstić information content (AvgIpc) is 2.69. The van der Waals surface area contributed by atoms with Gasteiger partial charge in [-0.05, 0) is 48.2 Å². The first kappa shape index (κ1) is 16.5. The van der Waals surface area contributed by atoms with Gasteiger partial charge < -0.3 is 18.9 Å². The number of pyridine rings is 1. The van der Waals surface area contributed by atoms with Crippen LogP contribution in [0.2, 0.25) is 0 Å². The highest BCUT2D eigenvalue weighted by Crippen LogP contribution is 2.41. The summed E-state index contributed by atoms with van der Waals surface area (Å²) in [6.07, 6.45) is 1.89. The predicted molar refractivity (Wildman–Crippen MR) is 101 cm³/mol. The number of aromatic nitrogens is 1. The lowest BCUT2D eigenvalue weighted by Crippen LogP contribution is -2.07. The van der Waals surface area contributed by atoms with Crippen molar-refractivity contribution in [1.82, 2.24) is 4.98 Å². The number of hydrogen-bond acceptors (Lipinski definition) is 5. The zero-order chi connectivity index (χ0) is 18.3. The normalized spacial score (nSPS) is 12.3. The molecular weight excluding hydrogens is 330 g/mol. The summed E-state index contributed by atoms with van der Waals surface area (Å²) in [5.41, 5.74) is 5.42. The quantitative estimate of drug-likeness (QED) is 0.710. The van der Waals surface area contributed by atoms with Gasteiger partial charge in [-0.25, -0.2) is 4.98 Å². The van der Waals surface area contributed by atoms with E-state index in [1.807, 2.05) is 18.2 Å². The molecule has 0 aliphatic heterocycles. The molecule has 5 nitrogen and oxygen atoms in total. The van der Waals surface area contributed by atoms with Gasteiger partial charge in [0.1, 0.15) is 0 Å². The molecule has 2 aromatic carbocycles. The lowest BCUT2D eigenvalue weighted by atomic mass is 9.88. The van der Waals surface area contributed by atoms with Crippen LogP contribution in [0.5, 0.6) is 23.0 Å². The minimum absolute atomic E-state index is 0.677. The fraction of sp³-hybridized carbons (Fsp3) is 0.286. The number of ether oxygens (including phenoxy) is 4. The van der Waals surface area contributed by atoms with Crippen LogP contribution in [0.4, 0.5) is 0 Å². The van der Waals surface area contributed by atoms with Crippen LogP contribution in [0.1, 0.15) is 11.1 Å². The number of nitrogens with zero attached hydrogens (tertiary/aromatic N) is 1. The maximum absolute atomic E-state index is 5.48. The molecular formula is C21H21NO4. The third kappa shape index (κ3) is 2.51. The van der Waals surface area contributed by atoms with E-state index in [1.165, 1.54) is 11.1 Å². The lowest BCUT2D eigenvalue weighted by Gasteiger charge is -2.22. The summed E-state index contributed by atoms with van der Waals surface area (Å²) in [5.74, 6) is 2.86. The van der Waals surface area contributed by atoms with Gasteiger partial charge in [-0.3, -0.25) is 0 Å². The van der Waals surface area contributed by atoms with Crippen LogP contribution in [-0.2, 0) is 12.8 Å². The SMILES string of the molecule is COc1cc2c(cc1OC)-c1nc3cc(OC)c(OC)cc3cc1CC2. The number of rotatable bonds is 4. The second kappa shape index (κ2) is 6.41. The maximum atomic E-state index is 5.48. The molecule has 0 N–H and O–H groups in total. The Bertz CT molecular complexity index is 997. The van der Waals surface area contributed by atoms with Crippen molar-refractivity contribution in [1.29, 1.82) is 0 Å². The van der Waals surface area contributed by atoms with Gasteiger partial charge in [0.2, 0.25) is 0 Å². The molecule has 26 heavy (non-hydrogen) atoms. The molecule has 1 aliphatic rings. The summed E-state index contributed by atoms with van der Waals surface area (Å²) in [6.45, 7) is 0. The molecule has 0 amide bonds. The Kier molecular flexibility index (Phi) is 4.07. The first-order valence-corrected chi connectivity index (χ1v) is 8.49. The van der Waals surface area contributed by atoms with Crippen LogP contribution in [0, 0.1) is 0 Å². The van der Waals surface area contributed by atoms with E-state index >= 15 is 0 Å². The van der Waals surface area contributed by atoms with Crippen molar-refractivity contribution in [3.63, 3.8) is 0 Å². The van der Waals surface area contributed by atoms with Gasteiger partial charge in [0.15, 0.2) is 23.0 Å². The summed E-state index contributed by atoms with van der Waals surface area (Å²) in [6, 6.07) is 10.2. The minimum atomic E-state index is 0.677. The van der Waals surface area contributed by atoms with E-state index in [1.54, 1.807) is 28.4 Å². The number of hydrogen-bond donors (Lipinski definition) is 0. The molecule has 0 saturated heterocycles. The van der Waals surface area contributed by atoms with E-state index in [4.69, 9.17) is 23.9 Å². The van der Waals surface area contributed by atoms with E-state index < -0.39 is 0 Å². The molecule has 0 fully saturated rings. The molecule has 1 heterocycles. The van der Waals surface area contributed by atoms with E-state index in [2.05, 4.69) is 12.1 Å². The molecule has 5 heteroatoms. The van der Waals surface area contributed by atoms with Crippen LogP contribution < -0.4 is 18.9 Å². The molecule has 3 aromatic rings. The van der Waals surface area contributed by atoms with Crippen LogP contribution in [0.3, 0.4) is 0 Å². The van der Waals surface area contributed by atoms with Gasteiger partial charge >= 0.3 is 0 Å². The monoisotopic (exact) mass is 351 g/mol. The van der Waals surface area contributed by atoms with Crippen LogP contribution in [-0.4, -0.2) is 33.4 Å². The molecule has 0 radical (unpaired) electrons. The van der Waals surface area contributed by atoms with Gasteiger partial charge in [0.25, 0.3) is 0 Å². The first-order valence-electron chi connectivity index (χ1n) is 8.49. The number of fused-ring (bicyclic) bond motifs is 4. The third-order valence-electron chi connectivity index (χ3n) is 4.93. The smallest absolute Gasteiger partial charge is 0.162 e. The third-order valence-corrected chi connectivity index (χ3v) is 4.93. The molecule has 0 unspecified atom stereocenters. The molecule has 1 aromatic heterocycles. The van der Waals surface area contributed by atoms with Gasteiger partial charge in [0.05, 0.1) is 39.6 Å². The van der Waals surface area contributed by atoms with Crippen molar-refractivity contribution < 1.29 is 18.9 Å². The van der Waals surface area contributed by atoms with Crippen molar-refractivity contribution in [3.8, 4) is 34.3 Å². The Morgan fingerprint density at radius 3 is 1.92 bits per heavy atom. The standard InChI is InChI=1S/C21H21NO4/c1-23-17-8-12-5-6-13-7-14-9-18(24-2)20(26-4)11-16(14)22-21(13)15(12)10-19(17)25-3/h7-11H,5-6H2,1-4H3. The number of methoxy groups -OCH3 is 4. The van der Waals surface area contributed by atoms with Crippen LogP contribution in [0.25, 0.3) is 22.2 Å². The minimum Gasteiger partial charge on any atom is -0.493 e. The molecule has 0 atom stereocenters. The molecule has 134 valence electrons. The first-order chi connectivity index (χ1) is 12.7. The van der Waals surface area contributed by atoms with Crippen molar-refractivity contribution in [3.05, 3.63) is 41.5 Å². The molecule has 1 aliphatic carbocycles. The summed E-state index contributed by atoms with van der Waals surface area (Å²) in [4.78, 5) is 4.94. The van der Waals surface area contributed by atoms with Gasteiger partial charge in [-0.2, -0.15) is 0 Å². The second-order valence-electron chi connectivity index (χ2n) is 6.26. The summed E-state index contributed by atoms with van der Waals surface area (Å²) < 4.78 is 21.8. The topological polar surface area (TPSA) is 49.8 Å². The number of aryl methyl sites for hydroxylation is 2. The van der Waals surface area contributed by atoms with Crippen molar-refractivity contribution in [2.24, 2.45) is 0 Å². The van der Waals surface area contributed by atoms with Crippen molar-refractivity contribution in [2.45, 2.75) is 12.8 Å². The van der Waals surface area contributed by atoms with E-state index in [0.29, 0.717) is 17.2 Å². The largest absolute Gasteiger partial charge is 0.493 e. The fourth-order valence-corrected chi connectivity index (χ4v) is 3.59. The highest BCUT2D eigenvalue weighted by Gasteiger charge is 2.22. The average molecular weight is 351 g/mol. The Balaban J connectivity index is 1.94. The van der Waals surface area contributed by atoms with Gasteiger partial charge in [0, 0.05) is 17.0 Å². The lowest BCUT2D eigenvalue weighted by molar-refractivity contribution is 0.354. The van der Waals surface area contributed by atoms with E-state index in [9.17, 15) is 0 Å². The summed E-state index contributed by atoms with van der Waals surface area (Å²) in [5, 5.41) is 1.05. The zero-order valence-corrected chi connectivity index (χ0v) is 15.4. The Morgan fingerprint density at radius 2 is 1.23 bits per heavy atom. The highest BCUT2D eigenvalue weighted by molar-refractivity contribution is 5.88. The van der Waals surface area contributed by atoms with Crippen molar-refractivity contribution in [2.75, 3.05) is 28.4 Å². The van der Waals surface area contributed by atoms with Gasteiger partial charge in [-0.1, -0.05) is 0 Å². The Labute approximate surface area is 152 Å². The Hall–Kier alpha value is -2.95. The number of benzene rings is 2. The van der Waals surface area contributed by atoms with Gasteiger partial charge in [-0.15, -0.1) is 0 Å². The van der Waals surface area contributed by atoms with Crippen molar-refractivity contribution >= 4 is 10.9 Å². The zero-order valence-electron chi connectivity index (χ0n) is 15.4. The van der Waals surface area contributed by atoms with Crippen LogP contribution >= 0.6 is 0 Å². The second-order valence-corrected chi connectivity index (χ2v) is 6.26. The van der Waals surface area contributed by atoms with Crippen LogP contribution in [0.15, 0.2) is 30.3 Å².